The van der Waals surface area contributed by atoms with Gasteiger partial charge in [0.25, 0.3) is 0 Å². The minimum Gasteiger partial charge on any atom is -0.507 e. The topological polar surface area (TPSA) is 241 Å². The number of halogens is 4. The largest absolute Gasteiger partial charge is 0.507 e. The molecule has 0 aliphatic rings. The van der Waals surface area contributed by atoms with Gasteiger partial charge in [-0.15, -0.1) is 9.81 Å². The van der Waals surface area contributed by atoms with Crippen molar-refractivity contribution >= 4 is 85.9 Å². The van der Waals surface area contributed by atoms with Gasteiger partial charge in [-0.1, -0.05) is 22.5 Å². The Bertz CT molecular complexity index is 2190. The van der Waals surface area contributed by atoms with E-state index in [2.05, 4.69) is 88.9 Å². The van der Waals surface area contributed by atoms with Gasteiger partial charge in [-0.05, 0) is 147 Å². The van der Waals surface area contributed by atoms with E-state index in [-0.39, 0.29) is 79.9 Å². The molecule has 0 aromatic heterocycles. The average molecular weight is 1020 g/mol. The average Bonchev–Trinajstić information content (AvgIpc) is 3.11. The molecule has 6 N–H and O–H groups in total. The molecule has 54 heavy (non-hydrogen) atoms. The monoisotopic (exact) mass is 1020 g/mol. The zero-order valence-electron chi connectivity index (χ0n) is 27.6. The normalized spacial score (nSPS) is 12.4. The van der Waals surface area contributed by atoms with Crippen LogP contribution < -0.4 is 14.8 Å². The highest BCUT2D eigenvalue weighted by Gasteiger charge is 2.25. The third kappa shape index (κ3) is 11.8. The maximum atomic E-state index is 12.9. The molecule has 0 heterocycles. The van der Waals surface area contributed by atoms with Gasteiger partial charge < -0.3 is 30.1 Å². The predicted octanol–water partition coefficient (Wildman–Crippen LogP) is 6.77. The lowest BCUT2D eigenvalue weighted by atomic mass is 9.95. The molecule has 0 aliphatic carbocycles. The van der Waals surface area contributed by atoms with Crippen LogP contribution in [0.1, 0.15) is 22.3 Å². The van der Waals surface area contributed by atoms with Crippen LogP contribution in [0.15, 0.2) is 88.9 Å². The number of aromatic hydroxyl groups is 3. The number of carbonyl (C=O) groups is 2. The van der Waals surface area contributed by atoms with E-state index in [9.17, 15) is 43.1 Å². The van der Waals surface area contributed by atoms with Crippen molar-refractivity contribution in [1.82, 2.24) is 10.6 Å². The molecule has 2 amide bonds. The number of hydrogen-bond acceptors (Lipinski definition) is 12. The fourth-order valence-electron chi connectivity index (χ4n) is 5.24. The third-order valence-electron chi connectivity index (χ3n) is 7.88. The minimum absolute atomic E-state index is 0.0768. The maximum Gasteiger partial charge on any atom is 0.446 e. The van der Waals surface area contributed by atoms with Crippen molar-refractivity contribution in [3.8, 4) is 34.1 Å². The van der Waals surface area contributed by atoms with E-state index in [0.29, 0.717) is 27.6 Å². The highest BCUT2D eigenvalue weighted by atomic mass is 79.9. The van der Waals surface area contributed by atoms with Crippen LogP contribution in [0.25, 0.3) is 11.1 Å². The lowest BCUT2D eigenvalue weighted by Crippen LogP contribution is -2.36. The van der Waals surface area contributed by atoms with Crippen molar-refractivity contribution in [3.05, 3.63) is 111 Å². The number of amides is 2. The summed E-state index contributed by atoms with van der Waals surface area (Å²) < 4.78 is 36.4. The van der Waals surface area contributed by atoms with E-state index in [0.717, 1.165) is 5.56 Å². The van der Waals surface area contributed by atoms with Gasteiger partial charge in [-0.25, -0.2) is 0 Å². The van der Waals surface area contributed by atoms with E-state index in [4.69, 9.17) is 4.55 Å². The van der Waals surface area contributed by atoms with Gasteiger partial charge in [-0.3, -0.25) is 14.1 Å². The SMILES string of the molecule is O=NC(Cc1cc(Br)c(O)c(-c2cc(CC(N=O)C(=O)NCCc3ccc(OS(=O)(=O)O)c(Br)c3)cc(Br)c2O)c1)C(=O)NCCc1ccc(O)c(Br)c1. The van der Waals surface area contributed by atoms with E-state index < -0.39 is 34.3 Å². The Morgan fingerprint density at radius 1 is 0.648 bits per heavy atom. The molecule has 0 aliphatic heterocycles. The highest BCUT2D eigenvalue weighted by molar-refractivity contribution is 9.11. The molecule has 0 bridgehead atoms. The van der Waals surface area contributed by atoms with Crippen molar-refractivity contribution in [2.75, 3.05) is 13.1 Å². The molecule has 15 nitrogen and oxygen atoms in total. The summed E-state index contributed by atoms with van der Waals surface area (Å²) in [6.45, 7) is 0.277. The van der Waals surface area contributed by atoms with Gasteiger partial charge in [0.2, 0.25) is 11.8 Å². The first-order chi connectivity index (χ1) is 25.5. The molecule has 286 valence electrons. The summed E-state index contributed by atoms with van der Waals surface area (Å²) in [5, 5.41) is 43.0. The van der Waals surface area contributed by atoms with Crippen molar-refractivity contribution < 1.29 is 42.1 Å². The van der Waals surface area contributed by atoms with Crippen molar-refractivity contribution in [3.63, 3.8) is 0 Å². The van der Waals surface area contributed by atoms with E-state index in [1.54, 1.807) is 12.1 Å². The number of phenolic OH excluding ortho intramolecular Hbond substituents is 3. The van der Waals surface area contributed by atoms with Gasteiger partial charge in [0.05, 0.1) is 17.9 Å². The maximum absolute atomic E-state index is 12.9. The molecule has 0 radical (unpaired) electrons. The zero-order valence-corrected chi connectivity index (χ0v) is 34.8. The number of carbonyl (C=O) groups excluding carboxylic acids is 2. The number of phenols is 3. The second-order valence-corrected chi connectivity index (χ2v) is 16.2. The van der Waals surface area contributed by atoms with Crippen LogP contribution in [0, 0.1) is 9.81 Å². The van der Waals surface area contributed by atoms with Crippen LogP contribution in [0.4, 0.5) is 0 Å². The fraction of sp³-hybridized carbons (Fsp3) is 0.235. The summed E-state index contributed by atoms with van der Waals surface area (Å²) in [5.41, 5.74) is 2.52. The molecular formula is C34H30Br4N4O11S. The predicted molar refractivity (Wildman–Crippen MR) is 213 cm³/mol. The lowest BCUT2D eigenvalue weighted by molar-refractivity contribution is -0.123. The molecule has 2 atom stereocenters. The Morgan fingerprint density at radius 3 is 1.48 bits per heavy atom. The van der Waals surface area contributed by atoms with Gasteiger partial charge in [0.15, 0.2) is 17.8 Å². The first-order valence-corrected chi connectivity index (χ1v) is 20.2. The van der Waals surface area contributed by atoms with Gasteiger partial charge >= 0.3 is 10.4 Å². The fourth-order valence-corrected chi connectivity index (χ4v) is 7.67. The van der Waals surface area contributed by atoms with Crippen LogP contribution in [-0.4, -0.2) is 65.3 Å². The molecular weight excluding hydrogens is 992 g/mol. The quantitative estimate of drug-likeness (QED) is 0.0476. The van der Waals surface area contributed by atoms with Crippen molar-refractivity contribution in [1.29, 1.82) is 0 Å². The molecule has 0 fully saturated rings. The molecule has 4 rings (SSSR count). The number of hydrogen-bond donors (Lipinski definition) is 6. The standard InChI is InChI=1S/C34H30Br4N4O11S/c35-23-11-17(1-3-29(23)43)5-7-39-33(46)27(41-48)15-19-9-21(31(44)25(37)13-19)22-10-20(14-26(38)32(22)45)16-28(42-49)34(47)40-8-6-18-2-4-30(24(36)12-18)53-54(50,51)52/h1-4,9-14,27-28,43-45H,5-8,15-16H2,(H,39,46)(H,40,47)(H,50,51,52). The van der Waals surface area contributed by atoms with Crippen molar-refractivity contribution in [2.24, 2.45) is 10.4 Å². The molecule has 0 saturated carbocycles. The van der Waals surface area contributed by atoms with Crippen LogP contribution in [0.3, 0.4) is 0 Å². The van der Waals surface area contributed by atoms with E-state index in [1.807, 2.05) is 0 Å². The summed E-state index contributed by atoms with van der Waals surface area (Å²) >= 11 is 13.0. The molecule has 4 aromatic rings. The summed E-state index contributed by atoms with van der Waals surface area (Å²) in [6, 6.07) is 12.5. The lowest BCUT2D eigenvalue weighted by Gasteiger charge is -2.16. The first-order valence-electron chi connectivity index (χ1n) is 15.7. The summed E-state index contributed by atoms with van der Waals surface area (Å²) in [5.74, 6) is -1.92. The van der Waals surface area contributed by atoms with Crippen LogP contribution in [-0.2, 0) is 45.7 Å². The Kier molecular flexibility index (Phi) is 15.1. The molecule has 0 spiro atoms. The van der Waals surface area contributed by atoms with Gasteiger partial charge in [0.1, 0.15) is 17.2 Å². The van der Waals surface area contributed by atoms with Crippen LogP contribution in [0.5, 0.6) is 23.0 Å². The first kappa shape index (κ1) is 42.8. The molecule has 0 saturated heterocycles. The van der Waals surface area contributed by atoms with Crippen LogP contribution >= 0.6 is 63.7 Å². The number of benzene rings is 4. The molecule has 20 heteroatoms. The molecule has 2 unspecified atom stereocenters. The number of nitrogens with zero attached hydrogens (tertiary/aromatic N) is 2. The minimum atomic E-state index is -4.72. The molecule has 4 aromatic carbocycles. The van der Waals surface area contributed by atoms with E-state index >= 15 is 0 Å². The summed E-state index contributed by atoms with van der Waals surface area (Å²) in [4.78, 5) is 49.4. The van der Waals surface area contributed by atoms with Gasteiger partial charge in [0, 0.05) is 37.1 Å². The second kappa shape index (κ2) is 19.1. The zero-order chi connectivity index (χ0) is 39.7. The highest BCUT2D eigenvalue weighted by Crippen LogP contribution is 2.44. The number of nitrogens with one attached hydrogen (secondary N) is 2. The van der Waals surface area contributed by atoms with Gasteiger partial charge in [-0.2, -0.15) is 8.42 Å². The second-order valence-electron chi connectivity index (χ2n) is 11.7. The summed E-state index contributed by atoms with van der Waals surface area (Å²) in [6.07, 6.45) is 0.366. The smallest absolute Gasteiger partial charge is 0.446 e. The number of rotatable bonds is 17. The number of nitroso groups, excluding NO2 is 2. The third-order valence-corrected chi connectivity index (χ3v) is 10.7. The van der Waals surface area contributed by atoms with Crippen molar-refractivity contribution in [2.45, 2.75) is 37.8 Å². The Labute approximate surface area is 342 Å². The summed E-state index contributed by atoms with van der Waals surface area (Å²) in [7, 11) is -4.72. The Hall–Kier alpha value is -3.95. The Balaban J connectivity index is 1.45. The van der Waals surface area contributed by atoms with E-state index in [1.165, 1.54) is 48.5 Å². The Morgan fingerprint density at radius 2 is 1.07 bits per heavy atom. The van der Waals surface area contributed by atoms with Crippen LogP contribution in [0.2, 0.25) is 0 Å².